The quantitative estimate of drug-likeness (QED) is 0.0345. The Balaban J connectivity index is 4.34. The van der Waals surface area contributed by atoms with E-state index in [1.807, 2.05) is 0 Å². The summed E-state index contributed by atoms with van der Waals surface area (Å²) in [6.45, 7) is 7.75. The van der Waals surface area contributed by atoms with Crippen molar-refractivity contribution in [1.29, 1.82) is 0 Å². The Hall–Kier alpha value is -2.66. The topological polar surface area (TPSA) is 61.8 Å². The molecule has 0 heterocycles. The van der Waals surface area contributed by atoms with Crippen molar-refractivity contribution in [2.24, 2.45) is 0 Å². The molecule has 5 heteroatoms. The van der Waals surface area contributed by atoms with Gasteiger partial charge in [-0.15, -0.1) is 0 Å². The SMILES string of the molecule is CCCCC/C=C\C/C=C\C/C=C\C/C=C\CCCC(=O)O[C@H](COCCCCCCCCCCCCCCCCCC)COC(=O)CCCCCCCCCCC/C=C\C/C=C\CCCCC. The van der Waals surface area contributed by atoms with Crippen LogP contribution in [0.5, 0.6) is 0 Å². The van der Waals surface area contributed by atoms with Gasteiger partial charge in [-0.1, -0.05) is 261 Å². The van der Waals surface area contributed by atoms with Crippen LogP contribution in [0.1, 0.15) is 290 Å². The molecule has 0 fully saturated rings. The standard InChI is InChI=1S/C63H112O5/c1-4-7-10-13-16-19-22-25-28-31-32-34-35-38-41-44-47-50-53-56-62(64)67-60-61(59-66-58-55-52-49-46-43-40-37-30-27-24-21-18-15-12-9-6-3)68-63(65)57-54-51-48-45-42-39-36-33-29-26-23-20-17-14-11-8-5-2/h16-17,19-20,25-26,28-29,36,39,45,48,61H,4-15,18,21-24,27,30-35,37-38,40-44,46-47,49-60H2,1-3H3/b19-16-,20-17-,28-25-,29-26-,39-36-,48-45-/t61-/m1/s1. The van der Waals surface area contributed by atoms with E-state index in [1.165, 1.54) is 186 Å². The third-order valence-electron chi connectivity index (χ3n) is 12.7. The van der Waals surface area contributed by atoms with Gasteiger partial charge in [0, 0.05) is 19.4 Å². The van der Waals surface area contributed by atoms with Crippen molar-refractivity contribution >= 4 is 11.9 Å². The lowest BCUT2D eigenvalue weighted by atomic mass is 10.0. The van der Waals surface area contributed by atoms with Gasteiger partial charge in [-0.2, -0.15) is 0 Å². The molecule has 0 radical (unpaired) electrons. The number of ether oxygens (including phenoxy) is 3. The van der Waals surface area contributed by atoms with Crippen LogP contribution in [0.25, 0.3) is 0 Å². The van der Waals surface area contributed by atoms with Gasteiger partial charge < -0.3 is 14.2 Å². The average molecular weight is 950 g/mol. The van der Waals surface area contributed by atoms with Crippen molar-refractivity contribution in [2.75, 3.05) is 19.8 Å². The molecule has 0 N–H and O–H groups in total. The Kier molecular flexibility index (Phi) is 56.4. The van der Waals surface area contributed by atoms with E-state index in [2.05, 4.69) is 93.7 Å². The maximum Gasteiger partial charge on any atom is 0.306 e. The molecule has 0 amide bonds. The van der Waals surface area contributed by atoms with Crippen molar-refractivity contribution in [3.63, 3.8) is 0 Å². The van der Waals surface area contributed by atoms with Crippen molar-refractivity contribution in [3.8, 4) is 0 Å². The molecule has 0 bridgehead atoms. The Morgan fingerprint density at radius 1 is 0.324 bits per heavy atom. The minimum absolute atomic E-state index is 0.0622. The van der Waals surface area contributed by atoms with E-state index in [4.69, 9.17) is 14.2 Å². The fraction of sp³-hybridized carbons (Fsp3) is 0.778. The maximum absolute atomic E-state index is 12.8. The first kappa shape index (κ1) is 65.3. The van der Waals surface area contributed by atoms with E-state index >= 15 is 0 Å². The molecule has 394 valence electrons. The fourth-order valence-corrected chi connectivity index (χ4v) is 8.30. The zero-order chi connectivity index (χ0) is 49.2. The van der Waals surface area contributed by atoms with Gasteiger partial charge in [-0.05, 0) is 89.9 Å². The lowest BCUT2D eigenvalue weighted by Crippen LogP contribution is -2.30. The van der Waals surface area contributed by atoms with Crippen LogP contribution in [0.15, 0.2) is 72.9 Å². The van der Waals surface area contributed by atoms with Crippen molar-refractivity contribution in [3.05, 3.63) is 72.9 Å². The molecule has 0 aromatic rings. The van der Waals surface area contributed by atoms with Gasteiger partial charge in [-0.3, -0.25) is 9.59 Å². The molecule has 68 heavy (non-hydrogen) atoms. The number of hydrogen-bond acceptors (Lipinski definition) is 5. The van der Waals surface area contributed by atoms with Gasteiger partial charge in [0.2, 0.25) is 0 Å². The summed E-state index contributed by atoms with van der Waals surface area (Å²) >= 11 is 0. The molecule has 0 unspecified atom stereocenters. The van der Waals surface area contributed by atoms with E-state index < -0.39 is 6.10 Å². The Morgan fingerprint density at radius 3 is 1.06 bits per heavy atom. The summed E-state index contributed by atoms with van der Waals surface area (Å²) in [4.78, 5) is 25.5. The van der Waals surface area contributed by atoms with E-state index in [1.54, 1.807) is 0 Å². The van der Waals surface area contributed by atoms with Crippen LogP contribution in [0.2, 0.25) is 0 Å². The molecular weight excluding hydrogens is 837 g/mol. The zero-order valence-corrected chi connectivity index (χ0v) is 45.4. The molecule has 0 aromatic carbocycles. The first-order chi connectivity index (χ1) is 33.6. The second kappa shape index (κ2) is 58.7. The predicted molar refractivity (Wildman–Crippen MR) is 297 cm³/mol. The Morgan fingerprint density at radius 2 is 0.632 bits per heavy atom. The van der Waals surface area contributed by atoms with Crippen LogP contribution in [-0.4, -0.2) is 37.9 Å². The number of hydrogen-bond donors (Lipinski definition) is 0. The second-order valence-corrected chi connectivity index (χ2v) is 19.5. The van der Waals surface area contributed by atoms with Crippen molar-refractivity contribution in [2.45, 2.75) is 297 Å². The first-order valence-electron chi connectivity index (χ1n) is 29.5. The third kappa shape index (κ3) is 55.9. The molecule has 5 nitrogen and oxygen atoms in total. The lowest BCUT2D eigenvalue weighted by Gasteiger charge is -2.18. The Labute approximate surface area is 423 Å². The number of allylic oxidation sites excluding steroid dienone is 12. The van der Waals surface area contributed by atoms with Crippen LogP contribution in [-0.2, 0) is 23.8 Å². The van der Waals surface area contributed by atoms with Crippen LogP contribution in [0, 0.1) is 0 Å². The van der Waals surface area contributed by atoms with Crippen LogP contribution in [0.4, 0.5) is 0 Å². The highest BCUT2D eigenvalue weighted by Crippen LogP contribution is 2.15. The highest BCUT2D eigenvalue weighted by atomic mass is 16.6. The van der Waals surface area contributed by atoms with Crippen LogP contribution in [0.3, 0.4) is 0 Å². The summed E-state index contributed by atoms with van der Waals surface area (Å²) in [5.41, 5.74) is 0. The fourth-order valence-electron chi connectivity index (χ4n) is 8.30. The van der Waals surface area contributed by atoms with Gasteiger partial charge in [0.25, 0.3) is 0 Å². The molecule has 0 aromatic heterocycles. The van der Waals surface area contributed by atoms with Crippen molar-refractivity contribution in [1.82, 2.24) is 0 Å². The molecule has 0 rings (SSSR count). The van der Waals surface area contributed by atoms with Gasteiger partial charge >= 0.3 is 11.9 Å². The van der Waals surface area contributed by atoms with Crippen molar-refractivity contribution < 1.29 is 23.8 Å². The van der Waals surface area contributed by atoms with E-state index in [9.17, 15) is 9.59 Å². The number of carbonyl (C=O) groups excluding carboxylic acids is 2. The normalized spacial score (nSPS) is 12.7. The molecule has 0 aliphatic heterocycles. The average Bonchev–Trinajstić information content (AvgIpc) is 3.34. The summed E-state index contributed by atoms with van der Waals surface area (Å²) in [5, 5.41) is 0. The number of carbonyl (C=O) groups is 2. The summed E-state index contributed by atoms with van der Waals surface area (Å²) in [7, 11) is 0. The molecule has 0 saturated carbocycles. The largest absolute Gasteiger partial charge is 0.462 e. The maximum atomic E-state index is 12.8. The van der Waals surface area contributed by atoms with Gasteiger partial charge in [0.05, 0.1) is 6.61 Å². The summed E-state index contributed by atoms with van der Waals surface area (Å²) in [6.07, 6.45) is 76.4. The van der Waals surface area contributed by atoms with E-state index in [0.29, 0.717) is 19.4 Å². The van der Waals surface area contributed by atoms with E-state index in [0.717, 1.165) is 70.6 Å². The second-order valence-electron chi connectivity index (χ2n) is 19.5. The van der Waals surface area contributed by atoms with E-state index in [-0.39, 0.29) is 25.2 Å². The molecule has 0 spiro atoms. The molecule has 0 aliphatic rings. The third-order valence-corrected chi connectivity index (χ3v) is 12.7. The molecule has 0 aliphatic carbocycles. The molecule has 0 saturated heterocycles. The van der Waals surface area contributed by atoms with Gasteiger partial charge in [-0.25, -0.2) is 0 Å². The van der Waals surface area contributed by atoms with Crippen LogP contribution >= 0.6 is 0 Å². The first-order valence-corrected chi connectivity index (χ1v) is 29.5. The minimum atomic E-state index is -0.567. The molecular formula is C63H112O5. The lowest BCUT2D eigenvalue weighted by molar-refractivity contribution is -0.162. The van der Waals surface area contributed by atoms with Gasteiger partial charge in [0.1, 0.15) is 6.61 Å². The highest BCUT2D eigenvalue weighted by molar-refractivity contribution is 5.70. The summed E-state index contributed by atoms with van der Waals surface area (Å²) < 4.78 is 17.4. The number of unbranched alkanes of at least 4 members (excludes halogenated alkanes) is 31. The van der Waals surface area contributed by atoms with Crippen LogP contribution < -0.4 is 0 Å². The smallest absolute Gasteiger partial charge is 0.306 e. The Bertz CT molecular complexity index is 1210. The molecule has 1 atom stereocenters. The van der Waals surface area contributed by atoms with Gasteiger partial charge in [0.15, 0.2) is 6.10 Å². The summed E-state index contributed by atoms with van der Waals surface area (Å²) in [6, 6.07) is 0. The highest BCUT2D eigenvalue weighted by Gasteiger charge is 2.17. The predicted octanol–water partition coefficient (Wildman–Crippen LogP) is 20.2. The minimum Gasteiger partial charge on any atom is -0.462 e. The number of rotatable bonds is 54. The zero-order valence-electron chi connectivity index (χ0n) is 45.4. The monoisotopic (exact) mass is 949 g/mol. The number of esters is 2. The summed E-state index contributed by atoms with van der Waals surface area (Å²) in [5.74, 6) is -0.456.